The summed E-state index contributed by atoms with van der Waals surface area (Å²) >= 11 is 0. The topological polar surface area (TPSA) is 118 Å². The highest BCUT2D eigenvalue weighted by molar-refractivity contribution is 7.92. The zero-order valence-electron chi connectivity index (χ0n) is 26.2. The van der Waals surface area contributed by atoms with E-state index < -0.39 is 27.3 Å². The summed E-state index contributed by atoms with van der Waals surface area (Å²) in [6.07, 6.45) is 6.11. The number of rotatable bonds is 6. The van der Waals surface area contributed by atoms with Crippen molar-refractivity contribution < 1.29 is 27.5 Å². The number of anilines is 1. The molecule has 11 heteroatoms. The van der Waals surface area contributed by atoms with Crippen molar-refractivity contribution in [3.05, 3.63) is 28.2 Å². The number of benzene rings is 1. The first-order valence-corrected chi connectivity index (χ1v) is 16.3. The van der Waals surface area contributed by atoms with Crippen LogP contribution in [0.25, 0.3) is 6.08 Å². The van der Waals surface area contributed by atoms with Gasteiger partial charge in [0, 0.05) is 37.0 Å². The van der Waals surface area contributed by atoms with Crippen LogP contribution in [0.2, 0.25) is 0 Å². The van der Waals surface area contributed by atoms with Gasteiger partial charge in [-0.05, 0) is 89.5 Å². The molecule has 2 amide bonds. The third-order valence-corrected chi connectivity index (χ3v) is 10.3. The van der Waals surface area contributed by atoms with Crippen LogP contribution >= 0.6 is 0 Å². The second-order valence-electron chi connectivity index (χ2n) is 13.0. The van der Waals surface area contributed by atoms with E-state index in [2.05, 4.69) is 12.2 Å². The first kappa shape index (κ1) is 32.0. The highest BCUT2D eigenvalue weighted by Crippen LogP contribution is 2.38. The van der Waals surface area contributed by atoms with Crippen LogP contribution in [0.3, 0.4) is 0 Å². The van der Waals surface area contributed by atoms with Crippen LogP contribution in [0.5, 0.6) is 5.75 Å². The summed E-state index contributed by atoms with van der Waals surface area (Å²) in [6, 6.07) is 1.79. The number of methoxy groups -OCH3 is 1. The summed E-state index contributed by atoms with van der Waals surface area (Å²) in [5, 5.41) is 4.25. The van der Waals surface area contributed by atoms with E-state index in [0.29, 0.717) is 41.3 Å². The Kier molecular flexibility index (Phi) is 9.14. The molecule has 0 bridgehead atoms. The molecule has 1 N–H and O–H groups in total. The highest BCUT2D eigenvalue weighted by Gasteiger charge is 2.48. The lowest BCUT2D eigenvalue weighted by Crippen LogP contribution is -2.50. The number of ether oxygens (including phenoxy) is 2. The number of carbonyl (C=O) groups is 2. The summed E-state index contributed by atoms with van der Waals surface area (Å²) in [4.78, 5) is 32.0. The van der Waals surface area contributed by atoms with Crippen LogP contribution in [0, 0.1) is 25.7 Å². The minimum atomic E-state index is -3.75. The fraction of sp³-hybridized carbons (Fsp3) is 0.645. The highest BCUT2D eigenvalue weighted by atomic mass is 32.2. The van der Waals surface area contributed by atoms with Gasteiger partial charge in [0.1, 0.15) is 22.7 Å². The fourth-order valence-corrected chi connectivity index (χ4v) is 7.28. The SMILES string of the molecule is COc1c(N(C)C(=O)OC(C)(C)C)cc(C)c(/C=C/S(=O)(=O)N2CCC3(CC2)N=C(C2CCC(C)CC2)NC3=O)c1C. The largest absolute Gasteiger partial charge is 0.494 e. The minimum absolute atomic E-state index is 0.0986. The van der Waals surface area contributed by atoms with Crippen molar-refractivity contribution in [2.24, 2.45) is 16.8 Å². The number of amides is 2. The molecule has 4 rings (SSSR count). The number of nitrogens with one attached hydrogen (secondary N) is 1. The maximum Gasteiger partial charge on any atom is 0.414 e. The van der Waals surface area contributed by atoms with Crippen molar-refractivity contribution in [2.45, 2.75) is 91.2 Å². The van der Waals surface area contributed by atoms with E-state index in [1.807, 2.05) is 13.8 Å². The Morgan fingerprint density at radius 3 is 2.36 bits per heavy atom. The average Bonchev–Trinajstić information content (AvgIpc) is 3.22. The number of hydrogen-bond acceptors (Lipinski definition) is 7. The molecule has 42 heavy (non-hydrogen) atoms. The van der Waals surface area contributed by atoms with Crippen molar-refractivity contribution in [3.8, 4) is 5.75 Å². The van der Waals surface area contributed by atoms with E-state index in [1.54, 1.807) is 40.0 Å². The molecule has 0 atom stereocenters. The molecule has 10 nitrogen and oxygen atoms in total. The first-order chi connectivity index (χ1) is 19.6. The molecule has 1 spiro atoms. The van der Waals surface area contributed by atoms with E-state index in [0.717, 1.165) is 37.1 Å². The number of sulfonamides is 1. The Labute approximate surface area is 250 Å². The van der Waals surface area contributed by atoms with E-state index in [4.69, 9.17) is 14.5 Å². The summed E-state index contributed by atoms with van der Waals surface area (Å²) in [5.41, 5.74) is 1.18. The number of amidine groups is 1. The van der Waals surface area contributed by atoms with Gasteiger partial charge in [0.25, 0.3) is 5.91 Å². The molecule has 1 saturated heterocycles. The molecule has 1 aliphatic carbocycles. The van der Waals surface area contributed by atoms with Gasteiger partial charge < -0.3 is 14.8 Å². The molecular formula is C31H46N4O6S. The molecule has 232 valence electrons. The molecule has 2 heterocycles. The predicted octanol–water partition coefficient (Wildman–Crippen LogP) is 5.17. The number of piperidine rings is 1. The maximum atomic E-state index is 13.4. The van der Waals surface area contributed by atoms with E-state index in [-0.39, 0.29) is 24.9 Å². The standard InChI is InChI=1S/C31H46N4O6S/c1-20-9-11-23(12-10-20)27-32-28(36)31(33-27)14-16-35(17-15-31)42(38,39)18-13-24-21(2)19-25(26(40-8)22(24)3)34(7)29(37)41-30(4,5)6/h13,18-20,23H,9-12,14-17H2,1-8H3,(H,32,33,36)/b18-13+. The Morgan fingerprint density at radius 1 is 1.17 bits per heavy atom. The lowest BCUT2D eigenvalue weighted by molar-refractivity contribution is -0.125. The van der Waals surface area contributed by atoms with Crippen LogP contribution in [0.4, 0.5) is 10.5 Å². The zero-order valence-corrected chi connectivity index (χ0v) is 27.1. The summed E-state index contributed by atoms with van der Waals surface area (Å²) < 4.78 is 39.3. The summed E-state index contributed by atoms with van der Waals surface area (Å²) in [6.45, 7) is 11.8. The van der Waals surface area contributed by atoms with E-state index in [9.17, 15) is 18.0 Å². The van der Waals surface area contributed by atoms with Gasteiger partial charge >= 0.3 is 6.09 Å². The Bertz CT molecular complexity index is 1380. The van der Waals surface area contributed by atoms with E-state index >= 15 is 0 Å². The quantitative estimate of drug-likeness (QED) is 0.480. The van der Waals surface area contributed by atoms with Crippen molar-refractivity contribution in [2.75, 3.05) is 32.1 Å². The van der Waals surface area contributed by atoms with Gasteiger partial charge in [-0.3, -0.25) is 14.7 Å². The Balaban J connectivity index is 1.48. The van der Waals surface area contributed by atoms with Gasteiger partial charge in [0.15, 0.2) is 0 Å². The number of hydrogen-bond donors (Lipinski definition) is 1. The number of carbonyl (C=O) groups excluding carboxylic acids is 2. The van der Waals surface area contributed by atoms with Crippen LogP contribution in [0.15, 0.2) is 16.5 Å². The second-order valence-corrected chi connectivity index (χ2v) is 14.8. The van der Waals surface area contributed by atoms with Gasteiger partial charge in [0.05, 0.1) is 12.8 Å². The van der Waals surface area contributed by atoms with E-state index in [1.165, 1.54) is 21.7 Å². The molecular weight excluding hydrogens is 556 g/mol. The van der Waals surface area contributed by atoms with Crippen LogP contribution < -0.4 is 15.0 Å². The molecule has 3 aliphatic rings. The summed E-state index contributed by atoms with van der Waals surface area (Å²) in [7, 11) is -0.626. The van der Waals surface area contributed by atoms with Gasteiger partial charge in [-0.1, -0.05) is 19.8 Å². The fourth-order valence-electron chi connectivity index (χ4n) is 6.11. The van der Waals surface area contributed by atoms with Gasteiger partial charge in [0.2, 0.25) is 10.0 Å². The molecule has 1 saturated carbocycles. The van der Waals surface area contributed by atoms with Gasteiger partial charge in [-0.15, -0.1) is 0 Å². The monoisotopic (exact) mass is 602 g/mol. The van der Waals surface area contributed by atoms with Gasteiger partial charge in [-0.25, -0.2) is 13.2 Å². The molecule has 1 aromatic rings. The van der Waals surface area contributed by atoms with Gasteiger partial charge in [-0.2, -0.15) is 4.31 Å². The molecule has 1 aromatic carbocycles. The van der Waals surface area contributed by atoms with Crippen molar-refractivity contribution in [3.63, 3.8) is 0 Å². The zero-order chi connectivity index (χ0) is 31.0. The van der Waals surface area contributed by atoms with Crippen LogP contribution in [-0.4, -0.2) is 68.9 Å². The molecule has 0 aromatic heterocycles. The third-order valence-electron chi connectivity index (χ3n) is 8.71. The first-order valence-electron chi connectivity index (χ1n) is 14.8. The Hall–Kier alpha value is -2.92. The molecule has 2 aliphatic heterocycles. The second kappa shape index (κ2) is 12.0. The minimum Gasteiger partial charge on any atom is -0.494 e. The number of nitrogens with zero attached hydrogens (tertiary/aromatic N) is 3. The maximum absolute atomic E-state index is 13.4. The van der Waals surface area contributed by atoms with Crippen molar-refractivity contribution in [1.29, 1.82) is 0 Å². The predicted molar refractivity (Wildman–Crippen MR) is 165 cm³/mol. The average molecular weight is 603 g/mol. The lowest BCUT2D eigenvalue weighted by Gasteiger charge is -2.34. The third kappa shape index (κ3) is 6.67. The number of aliphatic imine (C=N–C) groups is 1. The molecule has 0 radical (unpaired) electrons. The van der Waals surface area contributed by atoms with Crippen LogP contribution in [0.1, 0.15) is 82.9 Å². The number of aryl methyl sites for hydroxylation is 1. The normalized spacial score (nSPS) is 23.1. The smallest absolute Gasteiger partial charge is 0.414 e. The Morgan fingerprint density at radius 2 is 1.79 bits per heavy atom. The molecule has 2 fully saturated rings. The van der Waals surface area contributed by atoms with Crippen molar-refractivity contribution in [1.82, 2.24) is 9.62 Å². The van der Waals surface area contributed by atoms with Crippen LogP contribution in [-0.2, 0) is 19.6 Å². The van der Waals surface area contributed by atoms with Crippen molar-refractivity contribution >= 4 is 39.6 Å². The molecule has 0 unspecified atom stereocenters. The lowest BCUT2D eigenvalue weighted by atomic mass is 9.82. The summed E-state index contributed by atoms with van der Waals surface area (Å²) in [5.74, 6) is 2.15.